The van der Waals surface area contributed by atoms with Gasteiger partial charge in [0.1, 0.15) is 11.9 Å². The number of hydrogen-bond acceptors (Lipinski definition) is 3. The number of halogens is 3. The van der Waals surface area contributed by atoms with E-state index in [1.54, 1.807) is 17.0 Å². The molecule has 0 heterocycles. The van der Waals surface area contributed by atoms with Gasteiger partial charge in [0.15, 0.2) is 0 Å². The molecule has 38 heavy (non-hydrogen) atoms. The summed E-state index contributed by atoms with van der Waals surface area (Å²) in [7, 11) is 0. The van der Waals surface area contributed by atoms with E-state index in [1.807, 2.05) is 54.6 Å². The molecule has 4 nitrogen and oxygen atoms in total. The van der Waals surface area contributed by atoms with Crippen LogP contribution < -0.4 is 5.32 Å². The minimum atomic E-state index is -0.679. The lowest BCUT2D eigenvalue weighted by molar-refractivity contribution is -0.139. The first-order chi connectivity index (χ1) is 18.4. The fourth-order valence-corrected chi connectivity index (χ4v) is 6.44. The average molecular weight is 618 g/mol. The number of nitrogens with zero attached hydrogens (tertiary/aromatic N) is 1. The van der Waals surface area contributed by atoms with Crippen LogP contribution >= 0.6 is 39.3 Å². The van der Waals surface area contributed by atoms with Crippen LogP contribution in [0.3, 0.4) is 0 Å². The molecule has 1 saturated carbocycles. The first-order valence-corrected chi connectivity index (χ1v) is 15.1. The topological polar surface area (TPSA) is 49.4 Å². The van der Waals surface area contributed by atoms with Crippen LogP contribution in [-0.4, -0.2) is 34.6 Å². The summed E-state index contributed by atoms with van der Waals surface area (Å²) < 4.78 is 15.2. The first-order valence-electron chi connectivity index (χ1n) is 12.8. The smallest absolute Gasteiger partial charge is 0.243 e. The summed E-state index contributed by atoms with van der Waals surface area (Å²) in [6.07, 6.45) is 4.53. The molecule has 1 aliphatic carbocycles. The molecule has 0 saturated heterocycles. The molecule has 0 spiro atoms. The standard InChI is InChI=1S/C30H31BrClFN2O2S/c31-23-11-6-10-22(16-23)18-35(29(36)20-38-19-25-26(32)14-7-15-27(25)33)28(17-21-8-2-1-3-9-21)30(37)34-24-12-4-5-13-24/h1-3,6-11,14-16,24,28H,4-5,12-13,17-20H2,(H,34,37). The Bertz CT molecular complexity index is 1220. The van der Waals surface area contributed by atoms with Crippen molar-refractivity contribution in [1.29, 1.82) is 0 Å². The van der Waals surface area contributed by atoms with E-state index in [1.165, 1.54) is 17.8 Å². The zero-order valence-corrected chi connectivity index (χ0v) is 24.2. The number of rotatable bonds is 11. The third-order valence-electron chi connectivity index (χ3n) is 6.75. The van der Waals surface area contributed by atoms with Gasteiger partial charge in [-0.25, -0.2) is 4.39 Å². The van der Waals surface area contributed by atoms with E-state index >= 15 is 0 Å². The minimum absolute atomic E-state index is 0.0979. The maximum atomic E-state index is 14.3. The summed E-state index contributed by atoms with van der Waals surface area (Å²) in [5.41, 5.74) is 2.28. The predicted octanol–water partition coefficient (Wildman–Crippen LogP) is 7.17. The number of nitrogens with one attached hydrogen (secondary N) is 1. The highest BCUT2D eigenvalue weighted by Gasteiger charge is 2.32. The lowest BCUT2D eigenvalue weighted by Crippen LogP contribution is -2.52. The molecule has 1 aliphatic rings. The highest BCUT2D eigenvalue weighted by atomic mass is 79.9. The van der Waals surface area contributed by atoms with E-state index in [9.17, 15) is 14.0 Å². The van der Waals surface area contributed by atoms with Gasteiger partial charge in [-0.2, -0.15) is 0 Å². The van der Waals surface area contributed by atoms with Crippen LogP contribution in [0.25, 0.3) is 0 Å². The van der Waals surface area contributed by atoms with Crippen LogP contribution in [0.1, 0.15) is 42.4 Å². The number of hydrogen-bond donors (Lipinski definition) is 1. The Balaban J connectivity index is 1.58. The quantitative estimate of drug-likeness (QED) is 0.248. The van der Waals surface area contributed by atoms with Crippen molar-refractivity contribution in [3.05, 3.63) is 105 Å². The number of carbonyl (C=O) groups is 2. The Morgan fingerprint density at radius 3 is 2.45 bits per heavy atom. The summed E-state index contributed by atoms with van der Waals surface area (Å²) in [5, 5.41) is 3.55. The lowest BCUT2D eigenvalue weighted by atomic mass is 10.0. The zero-order chi connectivity index (χ0) is 26.9. The highest BCUT2D eigenvalue weighted by Crippen LogP contribution is 2.26. The number of carbonyl (C=O) groups excluding carboxylic acids is 2. The first kappa shape index (κ1) is 28.7. The number of thioether (sulfide) groups is 1. The van der Waals surface area contributed by atoms with Gasteiger partial charge in [0.2, 0.25) is 11.8 Å². The maximum absolute atomic E-state index is 14.3. The van der Waals surface area contributed by atoms with Gasteiger partial charge in [0, 0.05) is 39.8 Å². The van der Waals surface area contributed by atoms with Crippen molar-refractivity contribution >= 4 is 51.1 Å². The molecule has 1 N–H and O–H groups in total. The molecule has 1 fully saturated rings. The molecule has 1 atom stereocenters. The fraction of sp³-hybridized carbons (Fsp3) is 0.333. The van der Waals surface area contributed by atoms with Crippen LogP contribution in [-0.2, 0) is 28.3 Å². The molecule has 3 aromatic rings. The van der Waals surface area contributed by atoms with E-state index < -0.39 is 6.04 Å². The van der Waals surface area contributed by atoms with Gasteiger partial charge < -0.3 is 10.2 Å². The molecule has 0 aliphatic heterocycles. The maximum Gasteiger partial charge on any atom is 0.243 e. The molecule has 4 rings (SSSR count). The van der Waals surface area contributed by atoms with E-state index in [-0.39, 0.29) is 41.7 Å². The average Bonchev–Trinajstić information content (AvgIpc) is 3.41. The Hall–Kier alpha value is -2.35. The third kappa shape index (κ3) is 8.08. The van der Waals surface area contributed by atoms with Crippen LogP contribution in [0.4, 0.5) is 4.39 Å². The van der Waals surface area contributed by atoms with Crippen molar-refractivity contribution in [1.82, 2.24) is 10.2 Å². The van der Waals surface area contributed by atoms with E-state index in [0.717, 1.165) is 41.3 Å². The monoisotopic (exact) mass is 616 g/mol. The molecule has 0 radical (unpaired) electrons. The molecular weight excluding hydrogens is 587 g/mol. The normalized spacial score (nSPS) is 14.3. The SMILES string of the molecule is O=C(NC1CCCC1)C(Cc1ccccc1)N(Cc1cccc(Br)c1)C(=O)CSCc1c(F)cccc1Cl. The summed E-state index contributed by atoms with van der Waals surface area (Å²) in [4.78, 5) is 29.1. The van der Waals surface area contributed by atoms with Crippen molar-refractivity contribution in [2.45, 2.75) is 56.5 Å². The zero-order valence-electron chi connectivity index (χ0n) is 21.0. The Labute approximate surface area is 241 Å². The minimum Gasteiger partial charge on any atom is -0.352 e. The molecule has 3 aromatic carbocycles. The van der Waals surface area contributed by atoms with Crippen LogP contribution in [0.2, 0.25) is 5.02 Å². The van der Waals surface area contributed by atoms with Gasteiger partial charge >= 0.3 is 0 Å². The number of benzene rings is 3. The molecular formula is C30H31BrClFN2O2S. The second-order valence-corrected chi connectivity index (χ2v) is 11.8. The lowest BCUT2D eigenvalue weighted by Gasteiger charge is -2.32. The predicted molar refractivity (Wildman–Crippen MR) is 157 cm³/mol. The summed E-state index contributed by atoms with van der Waals surface area (Å²) in [5.74, 6) is -0.335. The second-order valence-electron chi connectivity index (χ2n) is 9.54. The molecule has 8 heteroatoms. The van der Waals surface area contributed by atoms with Crippen LogP contribution in [0, 0.1) is 5.82 Å². The summed E-state index contributed by atoms with van der Waals surface area (Å²) >= 11 is 11.0. The molecule has 0 bridgehead atoms. The largest absolute Gasteiger partial charge is 0.352 e. The Kier molecular flexibility index (Phi) is 10.7. The van der Waals surface area contributed by atoms with Crippen LogP contribution in [0.15, 0.2) is 77.3 Å². The number of amides is 2. The van der Waals surface area contributed by atoms with Crippen molar-refractivity contribution in [3.63, 3.8) is 0 Å². The molecule has 1 unspecified atom stereocenters. The molecule has 2 amide bonds. The van der Waals surface area contributed by atoms with E-state index in [4.69, 9.17) is 11.6 Å². The Morgan fingerprint density at radius 2 is 1.74 bits per heavy atom. The van der Waals surface area contributed by atoms with Crippen molar-refractivity contribution in [2.75, 3.05) is 5.75 Å². The van der Waals surface area contributed by atoms with Gasteiger partial charge in [-0.3, -0.25) is 9.59 Å². The third-order valence-corrected chi connectivity index (χ3v) is 8.54. The summed E-state index contributed by atoms with van der Waals surface area (Å²) in [6.45, 7) is 0.287. The van der Waals surface area contributed by atoms with Crippen molar-refractivity contribution in [3.8, 4) is 0 Å². The highest BCUT2D eigenvalue weighted by molar-refractivity contribution is 9.10. The van der Waals surface area contributed by atoms with E-state index in [2.05, 4.69) is 21.2 Å². The van der Waals surface area contributed by atoms with Crippen molar-refractivity contribution in [2.24, 2.45) is 0 Å². The fourth-order valence-electron chi connectivity index (χ4n) is 4.75. The van der Waals surface area contributed by atoms with Gasteiger partial charge in [0.05, 0.1) is 5.75 Å². The summed E-state index contributed by atoms with van der Waals surface area (Å²) in [6, 6.07) is 21.6. The molecule has 200 valence electrons. The molecule has 0 aromatic heterocycles. The van der Waals surface area contributed by atoms with Gasteiger partial charge in [-0.1, -0.05) is 88.9 Å². The van der Waals surface area contributed by atoms with Gasteiger partial charge in [-0.05, 0) is 48.2 Å². The van der Waals surface area contributed by atoms with Crippen molar-refractivity contribution < 1.29 is 14.0 Å². The Morgan fingerprint density at radius 1 is 1.03 bits per heavy atom. The second kappa shape index (κ2) is 14.2. The van der Waals surface area contributed by atoms with Gasteiger partial charge in [-0.15, -0.1) is 11.8 Å². The van der Waals surface area contributed by atoms with Crippen LogP contribution in [0.5, 0.6) is 0 Å². The van der Waals surface area contributed by atoms with E-state index in [0.29, 0.717) is 17.0 Å². The van der Waals surface area contributed by atoms with Gasteiger partial charge in [0.25, 0.3) is 0 Å².